The molecule has 2 aromatic rings. The molecule has 134 valence electrons. The number of fused-ring (bicyclic) bond motifs is 2. The summed E-state index contributed by atoms with van der Waals surface area (Å²) in [7, 11) is 0. The number of hydrogen-bond donors (Lipinski definition) is 1. The van der Waals surface area contributed by atoms with Crippen molar-refractivity contribution in [2.24, 2.45) is 17.8 Å². The molecule has 1 N–H and O–H groups in total. The topological polar surface area (TPSA) is 52.9 Å². The molecule has 3 atom stereocenters. The summed E-state index contributed by atoms with van der Waals surface area (Å²) < 4.78 is 0.780. The highest BCUT2D eigenvalue weighted by Crippen LogP contribution is 2.49. The lowest BCUT2D eigenvalue weighted by Crippen LogP contribution is -2.27. The van der Waals surface area contributed by atoms with Crippen LogP contribution in [0.15, 0.2) is 22.7 Å². The summed E-state index contributed by atoms with van der Waals surface area (Å²) in [5, 5.41) is 13.4. The maximum Gasteiger partial charge on any atom is 0.228 e. The third-order valence-corrected chi connectivity index (χ3v) is 8.11. The van der Waals surface area contributed by atoms with Gasteiger partial charge in [-0.15, -0.1) is 11.3 Å². The van der Waals surface area contributed by atoms with E-state index >= 15 is 0 Å². The average molecular weight is 429 g/mol. The molecular weight excluding hydrogens is 408 g/mol. The van der Waals surface area contributed by atoms with Gasteiger partial charge in [0.15, 0.2) is 0 Å². The van der Waals surface area contributed by atoms with Crippen LogP contribution in [0.4, 0.5) is 5.00 Å². The second-order valence-electron chi connectivity index (χ2n) is 7.65. The monoisotopic (exact) mass is 428 g/mol. The van der Waals surface area contributed by atoms with E-state index in [0.717, 1.165) is 32.8 Å². The quantitative estimate of drug-likeness (QED) is 0.647. The third kappa shape index (κ3) is 3.00. The molecule has 2 aliphatic carbocycles. The summed E-state index contributed by atoms with van der Waals surface area (Å²) in [5.74, 6) is 1.47. The fourth-order valence-corrected chi connectivity index (χ4v) is 6.52. The zero-order valence-electron chi connectivity index (χ0n) is 14.9. The van der Waals surface area contributed by atoms with Gasteiger partial charge in [-0.3, -0.25) is 4.79 Å². The van der Waals surface area contributed by atoms with Gasteiger partial charge in [0.2, 0.25) is 5.91 Å². The Balaban J connectivity index is 1.66. The Hall–Kier alpha value is -1.64. The van der Waals surface area contributed by atoms with E-state index in [2.05, 4.69) is 59.4 Å². The number of rotatable bonds is 3. The molecule has 1 heterocycles. The molecule has 0 spiro atoms. The van der Waals surface area contributed by atoms with Crippen molar-refractivity contribution >= 4 is 38.2 Å². The second-order valence-corrected chi connectivity index (χ2v) is 9.46. The van der Waals surface area contributed by atoms with Crippen molar-refractivity contribution in [1.82, 2.24) is 0 Å². The van der Waals surface area contributed by atoms with Crippen LogP contribution in [0.2, 0.25) is 0 Å². The zero-order valence-corrected chi connectivity index (χ0v) is 17.3. The van der Waals surface area contributed by atoms with E-state index in [1.165, 1.54) is 36.2 Å². The number of nitrogens with zero attached hydrogens (tertiary/aromatic N) is 1. The maximum atomic E-state index is 12.8. The minimum atomic E-state index is 0.0926. The van der Waals surface area contributed by atoms with Crippen LogP contribution in [0, 0.1) is 42.9 Å². The van der Waals surface area contributed by atoms with Crippen LogP contribution < -0.4 is 5.32 Å². The van der Waals surface area contributed by atoms with E-state index < -0.39 is 0 Å². The van der Waals surface area contributed by atoms with Crippen molar-refractivity contribution in [3.63, 3.8) is 0 Å². The van der Waals surface area contributed by atoms with Gasteiger partial charge in [0.05, 0.1) is 9.35 Å². The van der Waals surface area contributed by atoms with Crippen LogP contribution in [0.5, 0.6) is 0 Å². The lowest BCUT2D eigenvalue weighted by atomic mass is 9.88. The van der Waals surface area contributed by atoms with Gasteiger partial charge >= 0.3 is 0 Å². The highest BCUT2D eigenvalue weighted by atomic mass is 79.9. The first-order valence-corrected chi connectivity index (χ1v) is 10.7. The number of benzene rings is 1. The van der Waals surface area contributed by atoms with E-state index in [9.17, 15) is 10.1 Å². The molecule has 3 nitrogen and oxygen atoms in total. The van der Waals surface area contributed by atoms with Gasteiger partial charge in [-0.2, -0.15) is 5.26 Å². The number of nitrogens with one attached hydrogen (secondary N) is 1. The molecule has 4 rings (SSSR count). The number of hydrogen-bond acceptors (Lipinski definition) is 3. The van der Waals surface area contributed by atoms with Crippen molar-refractivity contribution in [2.45, 2.75) is 39.5 Å². The molecule has 1 aromatic carbocycles. The molecule has 0 radical (unpaired) electrons. The van der Waals surface area contributed by atoms with Crippen LogP contribution in [-0.4, -0.2) is 5.91 Å². The average Bonchev–Trinajstić information content (AvgIpc) is 3.32. The van der Waals surface area contributed by atoms with Gasteiger partial charge in [0.25, 0.3) is 0 Å². The van der Waals surface area contributed by atoms with Crippen molar-refractivity contribution in [3.8, 4) is 16.5 Å². The number of carbonyl (C=O) groups excluding carboxylic acids is 1. The Morgan fingerprint density at radius 2 is 2.12 bits per heavy atom. The summed E-state index contributed by atoms with van der Waals surface area (Å²) in [5.41, 5.74) is 3.98. The molecule has 1 amide bonds. The lowest BCUT2D eigenvalue weighted by Gasteiger charge is -2.20. The van der Waals surface area contributed by atoms with Gasteiger partial charge in [-0.05, 0) is 72.0 Å². The number of thiophene rings is 1. The molecule has 0 saturated heterocycles. The molecule has 26 heavy (non-hydrogen) atoms. The summed E-state index contributed by atoms with van der Waals surface area (Å²) >= 11 is 5.09. The Bertz CT molecular complexity index is 927. The number of halogens is 1. The summed E-state index contributed by atoms with van der Waals surface area (Å²) in [4.78, 5) is 13.8. The van der Waals surface area contributed by atoms with Crippen molar-refractivity contribution < 1.29 is 4.79 Å². The predicted octanol–water partition coefficient (Wildman–Crippen LogP) is 6.04. The maximum absolute atomic E-state index is 12.8. The largest absolute Gasteiger partial charge is 0.316 e. The normalized spacial score (nSPS) is 23.8. The first-order valence-electron chi connectivity index (χ1n) is 9.08. The standard InChI is InChI=1S/C21H21BrN2OS/c1-11-3-4-12(2)15(7-11)19-18(22)17(10-23)21(26-19)24-20(25)16-9-13-5-6-14(16)8-13/h3-4,7,13-14,16H,5-6,8-9H2,1-2H3,(H,24,25)/t13-,14+,16-/m1/s1. The Morgan fingerprint density at radius 3 is 2.77 bits per heavy atom. The van der Waals surface area contributed by atoms with Gasteiger partial charge < -0.3 is 5.32 Å². The first-order chi connectivity index (χ1) is 12.5. The molecule has 2 bridgehead atoms. The van der Waals surface area contributed by atoms with Gasteiger partial charge in [-0.1, -0.05) is 30.2 Å². The highest BCUT2D eigenvalue weighted by Gasteiger charge is 2.43. The molecule has 5 heteroatoms. The van der Waals surface area contributed by atoms with Gasteiger partial charge in [-0.25, -0.2) is 0 Å². The lowest BCUT2D eigenvalue weighted by molar-refractivity contribution is -0.121. The van der Waals surface area contributed by atoms with Crippen molar-refractivity contribution in [2.75, 3.05) is 5.32 Å². The van der Waals surface area contributed by atoms with Crippen LogP contribution in [0.3, 0.4) is 0 Å². The molecule has 2 saturated carbocycles. The molecule has 0 aliphatic heterocycles. The van der Waals surface area contributed by atoms with E-state index in [1.807, 2.05) is 0 Å². The van der Waals surface area contributed by atoms with Crippen molar-refractivity contribution in [1.29, 1.82) is 5.26 Å². The Labute approximate surface area is 166 Å². The van der Waals surface area contributed by atoms with Crippen LogP contribution in [0.1, 0.15) is 42.4 Å². The number of carbonyl (C=O) groups is 1. The summed E-state index contributed by atoms with van der Waals surface area (Å²) in [6.45, 7) is 4.13. The van der Waals surface area contributed by atoms with E-state index in [1.54, 1.807) is 0 Å². The highest BCUT2D eigenvalue weighted by molar-refractivity contribution is 9.10. The minimum absolute atomic E-state index is 0.0926. The molecule has 2 aliphatic rings. The predicted molar refractivity (Wildman–Crippen MR) is 109 cm³/mol. The SMILES string of the molecule is Cc1ccc(C)c(-c2sc(NC(=O)[C@@H]3C[C@@H]4CC[C@H]3C4)c(C#N)c2Br)c1. The molecule has 2 fully saturated rings. The van der Waals surface area contributed by atoms with Gasteiger partial charge in [0.1, 0.15) is 16.6 Å². The van der Waals surface area contributed by atoms with E-state index in [4.69, 9.17) is 0 Å². The number of aryl methyl sites for hydroxylation is 2. The number of anilines is 1. The van der Waals surface area contributed by atoms with E-state index in [0.29, 0.717) is 16.5 Å². The first kappa shape index (κ1) is 17.8. The summed E-state index contributed by atoms with van der Waals surface area (Å²) in [6.07, 6.45) is 4.66. The smallest absolute Gasteiger partial charge is 0.228 e. The molecule has 1 aromatic heterocycles. The van der Waals surface area contributed by atoms with Crippen molar-refractivity contribution in [3.05, 3.63) is 39.4 Å². The fourth-order valence-electron chi connectivity index (χ4n) is 4.52. The fraction of sp³-hybridized carbons (Fsp3) is 0.429. The minimum Gasteiger partial charge on any atom is -0.316 e. The summed E-state index contributed by atoms with van der Waals surface area (Å²) in [6, 6.07) is 8.58. The van der Waals surface area contributed by atoms with Crippen LogP contribution >= 0.6 is 27.3 Å². The van der Waals surface area contributed by atoms with Gasteiger partial charge in [0, 0.05) is 5.92 Å². The molecular formula is C21H21BrN2OS. The number of nitriles is 1. The Kier molecular flexibility index (Phi) is 4.66. The second kappa shape index (κ2) is 6.83. The zero-order chi connectivity index (χ0) is 18.4. The Morgan fingerprint density at radius 1 is 1.31 bits per heavy atom. The van der Waals surface area contributed by atoms with E-state index in [-0.39, 0.29) is 11.8 Å². The third-order valence-electron chi connectivity index (χ3n) is 5.91. The van der Waals surface area contributed by atoms with Crippen LogP contribution in [0.25, 0.3) is 10.4 Å². The molecule has 0 unspecified atom stereocenters. The number of amides is 1. The van der Waals surface area contributed by atoms with Crippen LogP contribution in [-0.2, 0) is 4.79 Å².